The zero-order chi connectivity index (χ0) is 12.2. The van der Waals surface area contributed by atoms with Crippen LogP contribution in [0.2, 0.25) is 0 Å². The van der Waals surface area contributed by atoms with Crippen LogP contribution in [0.1, 0.15) is 0 Å². The zero-order valence-electron chi connectivity index (χ0n) is 8.44. The average Bonchev–Trinajstić information content (AvgIpc) is 2.64. The van der Waals surface area contributed by atoms with E-state index in [1.54, 1.807) is 11.4 Å². The number of sulfonamides is 1. The minimum atomic E-state index is -3.47. The van der Waals surface area contributed by atoms with E-state index in [1.807, 2.05) is 0 Å². The van der Waals surface area contributed by atoms with Gasteiger partial charge in [-0.05, 0) is 27.4 Å². The normalized spacial score (nSPS) is 13.9. The van der Waals surface area contributed by atoms with Gasteiger partial charge in [0, 0.05) is 16.9 Å². The summed E-state index contributed by atoms with van der Waals surface area (Å²) in [5.74, 6) is 0. The predicted molar refractivity (Wildman–Crippen MR) is 71.8 cm³/mol. The molecule has 0 radical (unpaired) electrons. The van der Waals surface area contributed by atoms with Crippen molar-refractivity contribution in [2.45, 2.75) is 10.3 Å². The number of hydrogen-bond donors (Lipinski definition) is 1. The smallest absolute Gasteiger partial charge is 0.251 e. The Labute approximate surface area is 116 Å². The van der Waals surface area contributed by atoms with E-state index < -0.39 is 10.0 Å². The highest BCUT2D eigenvalue weighted by Crippen LogP contribution is 2.27. The van der Waals surface area contributed by atoms with E-state index in [4.69, 9.17) is 4.74 Å². The maximum absolute atomic E-state index is 12.0. The maximum Gasteiger partial charge on any atom is 0.251 e. The Kier molecular flexibility index (Phi) is 5.89. The van der Waals surface area contributed by atoms with Gasteiger partial charge in [-0.2, -0.15) is 0 Å². The third kappa shape index (κ3) is 3.78. The van der Waals surface area contributed by atoms with Gasteiger partial charge in [-0.15, -0.1) is 11.3 Å². The van der Waals surface area contributed by atoms with Crippen molar-refractivity contribution in [2.75, 3.05) is 19.0 Å². The number of halogens is 2. The highest BCUT2D eigenvalue weighted by molar-refractivity contribution is 9.10. The van der Waals surface area contributed by atoms with Gasteiger partial charge in [-0.3, -0.25) is 0 Å². The quantitative estimate of drug-likeness (QED) is 0.755. The Bertz CT molecular complexity index is 432. The molecule has 1 rings (SSSR count). The summed E-state index contributed by atoms with van der Waals surface area (Å²) in [6, 6.07) is 1.43. The van der Waals surface area contributed by atoms with Crippen LogP contribution >= 0.6 is 43.2 Å². The van der Waals surface area contributed by atoms with E-state index in [0.717, 1.165) is 0 Å². The molecule has 4 nitrogen and oxygen atoms in total. The standard InChI is InChI=1S/C8H11Br2NO3S2/c1-14-5-6(4-9)11-16(12,13)8-7(10)2-3-15-8/h2-3,6,11H,4-5H2,1H3. The van der Waals surface area contributed by atoms with Crippen molar-refractivity contribution in [3.8, 4) is 0 Å². The van der Waals surface area contributed by atoms with E-state index in [9.17, 15) is 8.42 Å². The Morgan fingerprint density at radius 3 is 2.75 bits per heavy atom. The summed E-state index contributed by atoms with van der Waals surface area (Å²) >= 11 is 7.61. The maximum atomic E-state index is 12.0. The van der Waals surface area contributed by atoms with Crippen LogP contribution < -0.4 is 4.72 Å². The van der Waals surface area contributed by atoms with Gasteiger partial charge in [0.25, 0.3) is 10.0 Å². The van der Waals surface area contributed by atoms with Crippen LogP contribution in [0.5, 0.6) is 0 Å². The van der Waals surface area contributed by atoms with Crippen LogP contribution in [0.15, 0.2) is 20.1 Å². The molecule has 0 fully saturated rings. The number of alkyl halides is 1. The molecule has 1 aromatic heterocycles. The highest BCUT2D eigenvalue weighted by Gasteiger charge is 2.22. The molecule has 0 saturated heterocycles. The van der Waals surface area contributed by atoms with Crippen LogP contribution in [0.25, 0.3) is 0 Å². The van der Waals surface area contributed by atoms with Crippen molar-refractivity contribution in [3.63, 3.8) is 0 Å². The molecule has 1 N–H and O–H groups in total. The third-order valence-electron chi connectivity index (χ3n) is 1.70. The molecule has 0 aliphatic rings. The molecule has 1 atom stereocenters. The number of nitrogens with one attached hydrogen (secondary N) is 1. The van der Waals surface area contributed by atoms with Crippen molar-refractivity contribution in [1.29, 1.82) is 0 Å². The Morgan fingerprint density at radius 1 is 1.62 bits per heavy atom. The summed E-state index contributed by atoms with van der Waals surface area (Å²) in [6.45, 7) is 0.327. The number of rotatable bonds is 6. The molecule has 0 bridgehead atoms. The summed E-state index contributed by atoms with van der Waals surface area (Å²) < 4.78 is 32.3. The minimum absolute atomic E-state index is 0.274. The Balaban J connectivity index is 2.83. The first kappa shape index (κ1) is 14.6. The second kappa shape index (κ2) is 6.46. The molecule has 1 heterocycles. The van der Waals surface area contributed by atoms with E-state index >= 15 is 0 Å². The lowest BCUT2D eigenvalue weighted by Crippen LogP contribution is -2.38. The molecular weight excluding hydrogens is 382 g/mol. The lowest BCUT2D eigenvalue weighted by atomic mass is 10.4. The summed E-state index contributed by atoms with van der Waals surface area (Å²) in [6.07, 6.45) is 0. The molecule has 8 heteroatoms. The third-order valence-corrected chi connectivity index (χ3v) is 6.68. The topological polar surface area (TPSA) is 55.4 Å². The van der Waals surface area contributed by atoms with Crippen LogP contribution in [-0.4, -0.2) is 33.5 Å². The molecule has 92 valence electrons. The average molecular weight is 393 g/mol. The fourth-order valence-corrected chi connectivity index (χ4v) is 5.19. The van der Waals surface area contributed by atoms with E-state index in [-0.39, 0.29) is 10.3 Å². The molecule has 16 heavy (non-hydrogen) atoms. The molecule has 0 spiro atoms. The number of thiophene rings is 1. The van der Waals surface area contributed by atoms with E-state index in [1.165, 1.54) is 18.4 Å². The number of hydrogen-bond acceptors (Lipinski definition) is 4. The Hall–Kier alpha value is 0.530. The predicted octanol–water partition coefficient (Wildman–Crippen LogP) is 2.20. The first-order valence-corrected chi connectivity index (χ1v) is 8.59. The van der Waals surface area contributed by atoms with Crippen molar-refractivity contribution in [1.82, 2.24) is 4.72 Å². The molecule has 0 aromatic carbocycles. The molecule has 0 saturated carbocycles. The van der Waals surface area contributed by atoms with Crippen LogP contribution in [0, 0.1) is 0 Å². The number of methoxy groups -OCH3 is 1. The molecule has 1 unspecified atom stereocenters. The van der Waals surface area contributed by atoms with Crippen LogP contribution in [0.4, 0.5) is 0 Å². The first-order valence-electron chi connectivity index (χ1n) is 4.31. The number of ether oxygens (including phenoxy) is 1. The molecule has 0 aliphatic carbocycles. The second-order valence-corrected chi connectivity index (χ2v) is 7.31. The molecule has 1 aromatic rings. The van der Waals surface area contributed by atoms with E-state index in [2.05, 4.69) is 36.6 Å². The van der Waals surface area contributed by atoms with Gasteiger partial charge in [0.15, 0.2) is 0 Å². The van der Waals surface area contributed by atoms with E-state index in [0.29, 0.717) is 16.4 Å². The van der Waals surface area contributed by atoms with Gasteiger partial charge in [0.05, 0.1) is 12.6 Å². The minimum Gasteiger partial charge on any atom is -0.383 e. The fraction of sp³-hybridized carbons (Fsp3) is 0.500. The highest BCUT2D eigenvalue weighted by atomic mass is 79.9. The van der Waals surface area contributed by atoms with Crippen LogP contribution in [-0.2, 0) is 14.8 Å². The Morgan fingerprint density at radius 2 is 2.31 bits per heavy atom. The lowest BCUT2D eigenvalue weighted by Gasteiger charge is -2.14. The van der Waals surface area contributed by atoms with Crippen molar-refractivity contribution in [2.24, 2.45) is 0 Å². The second-order valence-electron chi connectivity index (χ2n) is 2.98. The summed E-state index contributed by atoms with van der Waals surface area (Å²) in [7, 11) is -1.94. The van der Waals surface area contributed by atoms with Crippen molar-refractivity contribution < 1.29 is 13.2 Å². The monoisotopic (exact) mass is 391 g/mol. The van der Waals surface area contributed by atoms with Gasteiger partial charge >= 0.3 is 0 Å². The van der Waals surface area contributed by atoms with Gasteiger partial charge in [0.2, 0.25) is 0 Å². The zero-order valence-corrected chi connectivity index (χ0v) is 13.2. The lowest BCUT2D eigenvalue weighted by molar-refractivity contribution is 0.182. The largest absolute Gasteiger partial charge is 0.383 e. The summed E-state index contributed by atoms with van der Waals surface area (Å²) in [4.78, 5) is 0. The van der Waals surface area contributed by atoms with Gasteiger partial charge in [0.1, 0.15) is 4.21 Å². The summed E-state index contributed by atoms with van der Waals surface area (Å²) in [5, 5.41) is 2.22. The molecule has 0 amide bonds. The SMILES string of the molecule is COCC(CBr)NS(=O)(=O)c1sccc1Br. The van der Waals surface area contributed by atoms with Crippen LogP contribution in [0.3, 0.4) is 0 Å². The molecular formula is C8H11Br2NO3S2. The molecule has 0 aliphatic heterocycles. The summed E-state index contributed by atoms with van der Waals surface area (Å²) in [5.41, 5.74) is 0. The first-order chi connectivity index (χ1) is 7.51. The van der Waals surface area contributed by atoms with Gasteiger partial charge in [-0.1, -0.05) is 15.9 Å². The van der Waals surface area contributed by atoms with Gasteiger partial charge in [-0.25, -0.2) is 13.1 Å². The fourth-order valence-electron chi connectivity index (χ4n) is 1.06. The van der Waals surface area contributed by atoms with Crippen molar-refractivity contribution in [3.05, 3.63) is 15.9 Å². The van der Waals surface area contributed by atoms with Crippen molar-refractivity contribution >= 4 is 53.2 Å². The van der Waals surface area contributed by atoms with Gasteiger partial charge < -0.3 is 4.74 Å².